The summed E-state index contributed by atoms with van der Waals surface area (Å²) in [4.78, 5) is 41.8. The number of rotatable bonds is 3. The van der Waals surface area contributed by atoms with Crippen LogP contribution in [-0.4, -0.2) is 71.7 Å². The van der Waals surface area contributed by atoms with Crippen LogP contribution >= 0.6 is 0 Å². The summed E-state index contributed by atoms with van der Waals surface area (Å²) in [6.07, 6.45) is 7.05. The van der Waals surface area contributed by atoms with Crippen molar-refractivity contribution in [2.75, 3.05) is 39.3 Å². The van der Waals surface area contributed by atoms with Crippen molar-refractivity contribution in [3.63, 3.8) is 0 Å². The Kier molecular flexibility index (Phi) is 5.18. The van der Waals surface area contributed by atoms with E-state index in [4.69, 9.17) is 0 Å². The lowest BCUT2D eigenvalue weighted by molar-refractivity contribution is -0.144. The van der Waals surface area contributed by atoms with E-state index in [0.29, 0.717) is 39.1 Å². The van der Waals surface area contributed by atoms with Crippen molar-refractivity contribution in [1.29, 1.82) is 0 Å². The molecular weight excluding hydrogens is 294 g/mol. The molecule has 2 heterocycles. The van der Waals surface area contributed by atoms with E-state index in [1.54, 1.807) is 9.80 Å². The van der Waals surface area contributed by atoms with Crippen molar-refractivity contribution in [2.45, 2.75) is 44.9 Å². The fourth-order valence-electron chi connectivity index (χ4n) is 3.92. The Morgan fingerprint density at radius 1 is 0.870 bits per heavy atom. The number of carbonyl (C=O) groups excluding carboxylic acids is 3. The molecule has 23 heavy (non-hydrogen) atoms. The summed E-state index contributed by atoms with van der Waals surface area (Å²) in [5.41, 5.74) is 0. The van der Waals surface area contributed by atoms with Crippen LogP contribution in [0.1, 0.15) is 44.9 Å². The zero-order chi connectivity index (χ0) is 16.2. The van der Waals surface area contributed by atoms with E-state index in [0.717, 1.165) is 19.3 Å². The zero-order valence-electron chi connectivity index (χ0n) is 13.8. The molecule has 1 saturated carbocycles. The van der Waals surface area contributed by atoms with Gasteiger partial charge in [0.25, 0.3) is 0 Å². The van der Waals surface area contributed by atoms with Crippen molar-refractivity contribution < 1.29 is 14.4 Å². The van der Waals surface area contributed by atoms with E-state index in [9.17, 15) is 14.4 Å². The van der Waals surface area contributed by atoms with Crippen LogP contribution in [0.15, 0.2) is 0 Å². The molecule has 0 spiro atoms. The molecule has 3 aliphatic rings. The van der Waals surface area contributed by atoms with Crippen molar-refractivity contribution in [1.82, 2.24) is 14.7 Å². The third kappa shape index (κ3) is 3.85. The molecule has 0 unspecified atom stereocenters. The van der Waals surface area contributed by atoms with Crippen molar-refractivity contribution in [3.8, 4) is 0 Å². The van der Waals surface area contributed by atoms with Crippen LogP contribution in [0.4, 0.5) is 0 Å². The van der Waals surface area contributed by atoms with E-state index in [2.05, 4.69) is 0 Å². The van der Waals surface area contributed by atoms with Gasteiger partial charge in [0.05, 0.1) is 6.54 Å². The van der Waals surface area contributed by atoms with E-state index in [1.165, 1.54) is 19.3 Å². The first-order valence-corrected chi connectivity index (χ1v) is 8.99. The average Bonchev–Trinajstić information content (AvgIpc) is 3.00. The van der Waals surface area contributed by atoms with Gasteiger partial charge in [-0.2, -0.15) is 0 Å². The molecule has 128 valence electrons. The molecule has 1 aliphatic carbocycles. The van der Waals surface area contributed by atoms with Gasteiger partial charge in [-0.25, -0.2) is 0 Å². The maximum atomic E-state index is 12.5. The maximum Gasteiger partial charge on any atom is 0.242 e. The highest BCUT2D eigenvalue weighted by Crippen LogP contribution is 2.25. The SMILES string of the molecule is O=C(CN1CCCC1=O)N1CCN(C(=O)C2CCCCC2)CC1. The Morgan fingerprint density at radius 3 is 2.13 bits per heavy atom. The number of nitrogens with zero attached hydrogens (tertiary/aromatic N) is 3. The van der Waals surface area contributed by atoms with Gasteiger partial charge >= 0.3 is 0 Å². The van der Waals surface area contributed by atoms with Crippen LogP contribution < -0.4 is 0 Å². The van der Waals surface area contributed by atoms with Gasteiger partial charge in [0.2, 0.25) is 17.7 Å². The largest absolute Gasteiger partial charge is 0.339 e. The molecule has 0 radical (unpaired) electrons. The molecule has 3 rings (SSSR count). The van der Waals surface area contributed by atoms with Crippen LogP contribution in [0.3, 0.4) is 0 Å². The van der Waals surface area contributed by atoms with Gasteiger partial charge in [-0.1, -0.05) is 19.3 Å². The van der Waals surface area contributed by atoms with Gasteiger partial charge in [-0.05, 0) is 19.3 Å². The summed E-state index contributed by atoms with van der Waals surface area (Å²) in [5.74, 6) is 0.592. The molecule has 2 saturated heterocycles. The lowest BCUT2D eigenvalue weighted by Crippen LogP contribution is -2.53. The van der Waals surface area contributed by atoms with E-state index in [-0.39, 0.29) is 30.2 Å². The zero-order valence-corrected chi connectivity index (χ0v) is 13.8. The second-order valence-electron chi connectivity index (χ2n) is 6.96. The molecule has 2 aliphatic heterocycles. The first kappa shape index (κ1) is 16.3. The Balaban J connectivity index is 1.45. The molecule has 6 heteroatoms. The second-order valence-corrected chi connectivity index (χ2v) is 6.96. The fourth-order valence-corrected chi connectivity index (χ4v) is 3.92. The summed E-state index contributed by atoms with van der Waals surface area (Å²) in [5, 5.41) is 0. The highest BCUT2D eigenvalue weighted by atomic mass is 16.2. The topological polar surface area (TPSA) is 60.9 Å². The highest BCUT2D eigenvalue weighted by Gasteiger charge is 2.31. The minimum atomic E-state index is 0.0185. The number of hydrogen-bond donors (Lipinski definition) is 0. The normalized spacial score (nSPS) is 23.5. The molecule has 6 nitrogen and oxygen atoms in total. The summed E-state index contributed by atoms with van der Waals surface area (Å²) in [7, 11) is 0. The monoisotopic (exact) mass is 321 g/mol. The van der Waals surface area contributed by atoms with Crippen molar-refractivity contribution >= 4 is 17.7 Å². The fraction of sp³-hybridized carbons (Fsp3) is 0.824. The van der Waals surface area contributed by atoms with E-state index >= 15 is 0 Å². The van der Waals surface area contributed by atoms with Gasteiger partial charge < -0.3 is 14.7 Å². The first-order chi connectivity index (χ1) is 11.1. The number of piperazine rings is 1. The molecule has 0 bridgehead atoms. The highest BCUT2D eigenvalue weighted by molar-refractivity contribution is 5.86. The minimum Gasteiger partial charge on any atom is -0.339 e. The summed E-state index contributed by atoms with van der Waals surface area (Å²) < 4.78 is 0. The third-order valence-corrected chi connectivity index (χ3v) is 5.40. The summed E-state index contributed by atoms with van der Waals surface area (Å²) in [6, 6.07) is 0. The van der Waals surface area contributed by atoms with Gasteiger partial charge in [0, 0.05) is 45.1 Å². The van der Waals surface area contributed by atoms with Crippen LogP contribution in [0.5, 0.6) is 0 Å². The lowest BCUT2D eigenvalue weighted by atomic mass is 9.88. The Morgan fingerprint density at radius 2 is 1.52 bits per heavy atom. The maximum absolute atomic E-state index is 12.5. The van der Waals surface area contributed by atoms with Crippen molar-refractivity contribution in [3.05, 3.63) is 0 Å². The predicted molar refractivity (Wildman–Crippen MR) is 85.5 cm³/mol. The number of amides is 3. The smallest absolute Gasteiger partial charge is 0.242 e. The molecule has 0 N–H and O–H groups in total. The quantitative estimate of drug-likeness (QED) is 0.774. The molecule has 0 atom stereocenters. The molecule has 3 fully saturated rings. The molecular formula is C17H27N3O3. The molecule has 0 aromatic carbocycles. The Bertz CT molecular complexity index is 466. The number of carbonyl (C=O) groups is 3. The predicted octanol–water partition coefficient (Wildman–Crippen LogP) is 0.860. The van der Waals surface area contributed by atoms with E-state index in [1.807, 2.05) is 4.90 Å². The van der Waals surface area contributed by atoms with Gasteiger partial charge in [-0.3, -0.25) is 14.4 Å². The van der Waals surface area contributed by atoms with Crippen molar-refractivity contribution in [2.24, 2.45) is 5.92 Å². The number of hydrogen-bond acceptors (Lipinski definition) is 3. The summed E-state index contributed by atoms with van der Waals surface area (Å²) >= 11 is 0. The third-order valence-electron chi connectivity index (χ3n) is 5.40. The first-order valence-electron chi connectivity index (χ1n) is 8.99. The Hall–Kier alpha value is -1.59. The van der Waals surface area contributed by atoms with Crippen LogP contribution in [-0.2, 0) is 14.4 Å². The van der Waals surface area contributed by atoms with Crippen LogP contribution in [0.25, 0.3) is 0 Å². The number of likely N-dealkylation sites (tertiary alicyclic amines) is 1. The van der Waals surface area contributed by atoms with Gasteiger partial charge in [0.1, 0.15) is 0 Å². The van der Waals surface area contributed by atoms with E-state index < -0.39 is 0 Å². The average molecular weight is 321 g/mol. The molecule has 3 amide bonds. The van der Waals surface area contributed by atoms with Crippen LogP contribution in [0.2, 0.25) is 0 Å². The minimum absolute atomic E-state index is 0.0185. The summed E-state index contributed by atoms with van der Waals surface area (Å²) in [6.45, 7) is 3.36. The lowest BCUT2D eigenvalue weighted by Gasteiger charge is -2.37. The second kappa shape index (κ2) is 7.32. The van der Waals surface area contributed by atoms with Gasteiger partial charge in [0.15, 0.2) is 0 Å². The van der Waals surface area contributed by atoms with Crippen LogP contribution in [0, 0.1) is 5.92 Å². The standard InChI is InChI=1S/C17H27N3O3/c21-15-7-4-8-20(15)13-16(22)18-9-11-19(12-10-18)17(23)14-5-2-1-3-6-14/h14H,1-13H2. The molecule has 0 aromatic rings. The Labute approximate surface area is 137 Å². The molecule has 0 aromatic heterocycles. The van der Waals surface area contributed by atoms with Gasteiger partial charge in [-0.15, -0.1) is 0 Å².